The first-order chi connectivity index (χ1) is 25.4. The quantitative estimate of drug-likeness (QED) is 0.160. The van der Waals surface area contributed by atoms with Crippen molar-refractivity contribution in [1.29, 1.82) is 0 Å². The summed E-state index contributed by atoms with van der Waals surface area (Å²) in [5.41, 5.74) is 5.73. The molecule has 3 aliphatic heterocycles. The Bertz CT molecular complexity index is 2120. The van der Waals surface area contributed by atoms with E-state index < -0.39 is 0 Å². The van der Waals surface area contributed by atoms with Crippen molar-refractivity contribution in [3.63, 3.8) is 0 Å². The number of carbonyl (C=O) groups excluding carboxylic acids is 2. The predicted octanol–water partition coefficient (Wildman–Crippen LogP) is 4.85. The second-order valence-corrected chi connectivity index (χ2v) is 14.5. The number of aromatic nitrogens is 6. The van der Waals surface area contributed by atoms with Gasteiger partial charge >= 0.3 is 0 Å². The molecule has 0 aromatic carbocycles. The summed E-state index contributed by atoms with van der Waals surface area (Å²) in [5, 5.41) is 21.3. The average molecular weight is 717 g/mol. The van der Waals surface area contributed by atoms with Crippen LogP contribution in [-0.4, -0.2) is 98.9 Å². The van der Waals surface area contributed by atoms with Crippen LogP contribution < -0.4 is 20.4 Å². The van der Waals surface area contributed by atoms with Crippen molar-refractivity contribution in [1.82, 2.24) is 40.0 Å². The lowest BCUT2D eigenvalue weighted by atomic mass is 9.91. The van der Waals surface area contributed by atoms with Gasteiger partial charge in [0, 0.05) is 76.9 Å². The maximum atomic E-state index is 12.3. The molecule has 0 radical (unpaired) electrons. The highest BCUT2D eigenvalue weighted by molar-refractivity contribution is 7.18. The van der Waals surface area contributed by atoms with Gasteiger partial charge in [-0.1, -0.05) is 17.4 Å². The number of imide groups is 1. The molecule has 3 fully saturated rings. The molecular formula is C37H40N12O2S. The summed E-state index contributed by atoms with van der Waals surface area (Å²) in [6.07, 6.45) is 8.39. The van der Waals surface area contributed by atoms with Gasteiger partial charge in [0.25, 0.3) is 0 Å². The second-order valence-electron chi connectivity index (χ2n) is 13.6. The van der Waals surface area contributed by atoms with E-state index in [1.165, 1.54) is 0 Å². The van der Waals surface area contributed by atoms with E-state index in [9.17, 15) is 9.59 Å². The number of fused-ring (bicyclic) bond motifs is 1. The third-order valence-electron chi connectivity index (χ3n) is 10.3. The Labute approximate surface area is 305 Å². The van der Waals surface area contributed by atoms with E-state index in [1.54, 1.807) is 23.7 Å². The maximum absolute atomic E-state index is 12.3. The van der Waals surface area contributed by atoms with Crippen molar-refractivity contribution in [2.45, 2.75) is 38.5 Å². The van der Waals surface area contributed by atoms with Crippen LogP contribution in [0.3, 0.4) is 0 Å². The smallest absolute Gasteiger partial charge is 0.234 e. The highest BCUT2D eigenvalue weighted by Gasteiger charge is 2.29. The highest BCUT2D eigenvalue weighted by Crippen LogP contribution is 2.36. The minimum absolute atomic E-state index is 0.197. The molecule has 2 amide bonds. The van der Waals surface area contributed by atoms with Crippen LogP contribution in [0.25, 0.3) is 32.3 Å². The van der Waals surface area contributed by atoms with Crippen molar-refractivity contribution in [2.75, 3.05) is 67.5 Å². The molecule has 0 spiro atoms. The first-order valence-corrected chi connectivity index (χ1v) is 18.7. The van der Waals surface area contributed by atoms with E-state index in [1.807, 2.05) is 47.1 Å². The van der Waals surface area contributed by atoms with Crippen molar-refractivity contribution in [3.8, 4) is 22.0 Å². The number of nitrogens with one attached hydrogen (secondary N) is 2. The van der Waals surface area contributed by atoms with Crippen LogP contribution in [0.2, 0.25) is 0 Å². The molecule has 3 aliphatic rings. The highest BCUT2D eigenvalue weighted by atomic mass is 32.1. The first-order valence-electron chi connectivity index (χ1n) is 17.9. The van der Waals surface area contributed by atoms with Gasteiger partial charge in [0.05, 0.1) is 41.2 Å². The molecule has 14 nitrogen and oxygen atoms in total. The maximum Gasteiger partial charge on any atom is 0.234 e. The van der Waals surface area contributed by atoms with Gasteiger partial charge in [-0.25, -0.2) is 14.3 Å². The van der Waals surface area contributed by atoms with Crippen LogP contribution in [0.4, 0.5) is 22.3 Å². The van der Waals surface area contributed by atoms with Crippen LogP contribution >= 0.6 is 11.3 Å². The van der Waals surface area contributed by atoms with Gasteiger partial charge in [-0.2, -0.15) is 5.10 Å². The predicted molar refractivity (Wildman–Crippen MR) is 201 cm³/mol. The summed E-state index contributed by atoms with van der Waals surface area (Å²) >= 11 is 1.60. The number of amides is 2. The van der Waals surface area contributed by atoms with Crippen molar-refractivity contribution < 1.29 is 9.59 Å². The summed E-state index contributed by atoms with van der Waals surface area (Å²) in [7, 11) is 0. The molecule has 2 N–H and O–H groups in total. The molecule has 52 heavy (non-hydrogen) atoms. The Morgan fingerprint density at radius 2 is 1.79 bits per heavy atom. The van der Waals surface area contributed by atoms with Crippen LogP contribution in [0.1, 0.15) is 44.1 Å². The fraction of sp³-hybridized carbons (Fsp3) is 0.405. The zero-order chi connectivity index (χ0) is 35.6. The molecule has 8 rings (SSSR count). The zero-order valence-corrected chi connectivity index (χ0v) is 29.8. The van der Waals surface area contributed by atoms with E-state index in [-0.39, 0.29) is 17.7 Å². The minimum Gasteiger partial charge on any atom is -0.385 e. The lowest BCUT2D eigenvalue weighted by molar-refractivity contribution is -0.134. The van der Waals surface area contributed by atoms with Crippen molar-refractivity contribution in [3.05, 3.63) is 72.0 Å². The van der Waals surface area contributed by atoms with Gasteiger partial charge in [0.2, 0.25) is 22.6 Å². The van der Waals surface area contributed by atoms with Gasteiger partial charge in [-0.3, -0.25) is 24.8 Å². The van der Waals surface area contributed by atoms with Crippen LogP contribution in [-0.2, 0) is 9.59 Å². The average Bonchev–Trinajstić information content (AvgIpc) is 3.84. The Hall–Kier alpha value is -5.46. The number of pyridine rings is 2. The number of piperazine rings is 1. The summed E-state index contributed by atoms with van der Waals surface area (Å²) in [6, 6.07) is 11.8. The molecule has 0 saturated carbocycles. The second kappa shape index (κ2) is 14.6. The van der Waals surface area contributed by atoms with E-state index in [4.69, 9.17) is 16.5 Å². The molecule has 5 aromatic rings. The van der Waals surface area contributed by atoms with E-state index >= 15 is 0 Å². The fourth-order valence-electron chi connectivity index (χ4n) is 7.43. The molecule has 3 saturated heterocycles. The summed E-state index contributed by atoms with van der Waals surface area (Å²) < 4.78 is 1.81. The molecule has 5 aromatic heterocycles. The van der Waals surface area contributed by atoms with Crippen LogP contribution in [0, 0.1) is 12.5 Å². The number of carbonyl (C=O) groups is 2. The number of nitrogens with zero attached hydrogens (tertiary/aromatic N) is 10. The fourth-order valence-corrected chi connectivity index (χ4v) is 8.35. The Balaban J connectivity index is 0.843. The van der Waals surface area contributed by atoms with Gasteiger partial charge in [-0.15, -0.1) is 10.2 Å². The Kier molecular flexibility index (Phi) is 9.48. The minimum atomic E-state index is -0.302. The van der Waals surface area contributed by atoms with Gasteiger partial charge in [0.1, 0.15) is 5.82 Å². The lowest BCUT2D eigenvalue weighted by Gasteiger charge is -2.39. The third kappa shape index (κ3) is 6.91. The number of hydrogen-bond acceptors (Lipinski definition) is 12. The number of piperidine rings is 2. The third-order valence-corrected chi connectivity index (χ3v) is 11.3. The Morgan fingerprint density at radius 1 is 0.942 bits per heavy atom. The Morgan fingerprint density at radius 3 is 2.54 bits per heavy atom. The molecule has 266 valence electrons. The molecule has 0 unspecified atom stereocenters. The summed E-state index contributed by atoms with van der Waals surface area (Å²) in [4.78, 5) is 44.0. The SMILES string of the molecule is [C-]#[N+]c1cnn2c(-c3cc(NCC)c(-c4nnc(N5CCN(CC6CCN(c7ccc([C@@H]8CCC(=O)NC8=O)cn7)CC6)CC5)s4)cn3)ccc2c1. The van der Waals surface area contributed by atoms with Gasteiger partial charge in [0.15, 0.2) is 5.01 Å². The number of rotatable bonds is 9. The van der Waals surface area contributed by atoms with Crippen molar-refractivity contribution >= 4 is 51.0 Å². The van der Waals surface area contributed by atoms with E-state index in [0.717, 1.165) is 115 Å². The first kappa shape index (κ1) is 33.7. The zero-order valence-electron chi connectivity index (χ0n) is 29.0. The topological polar surface area (TPSA) is 141 Å². The monoisotopic (exact) mass is 716 g/mol. The molecule has 8 heterocycles. The normalized spacial score (nSPS) is 18.8. The molecule has 0 aliphatic carbocycles. The largest absolute Gasteiger partial charge is 0.385 e. The molecule has 0 bridgehead atoms. The van der Waals surface area contributed by atoms with Gasteiger partial charge < -0.3 is 15.1 Å². The molecular weight excluding hydrogens is 677 g/mol. The number of hydrogen-bond donors (Lipinski definition) is 2. The van der Waals surface area contributed by atoms with Crippen molar-refractivity contribution in [2.24, 2.45) is 5.92 Å². The van der Waals surface area contributed by atoms with Gasteiger partial charge in [-0.05, 0) is 68.0 Å². The van der Waals surface area contributed by atoms with Crippen LogP contribution in [0.15, 0.2) is 55.0 Å². The lowest BCUT2D eigenvalue weighted by Crippen LogP contribution is -2.49. The summed E-state index contributed by atoms with van der Waals surface area (Å²) in [6.45, 7) is 17.0. The number of anilines is 3. The molecule has 15 heteroatoms. The van der Waals surface area contributed by atoms with E-state index in [0.29, 0.717) is 24.4 Å². The van der Waals surface area contributed by atoms with Crippen LogP contribution in [0.5, 0.6) is 0 Å². The summed E-state index contributed by atoms with van der Waals surface area (Å²) in [5.74, 6) is 0.877. The van der Waals surface area contributed by atoms with E-state index in [2.05, 4.69) is 52.4 Å². The standard InChI is InChI=1S/C37H40N12O2S/c1-3-39-30-19-31(32-7-5-27-18-26(38-2)21-42-49(27)32)40-22-29(30)36-44-45-37(52-36)48-16-14-46(15-17-48)23-24-10-12-47(13-11-24)33-8-4-25(20-41-33)28-6-9-34(50)43-35(28)51/h4-5,7-8,18-22,24,28H,3,6,9-17,23H2,1H3,(H,39,40)(H,43,50,51)/t28-/m0/s1. The molecule has 1 atom stereocenters.